The van der Waals surface area contributed by atoms with Gasteiger partial charge in [0.05, 0.1) is 31.4 Å². The number of morpholine rings is 1. The smallest absolute Gasteiger partial charge is 0.333 e. The van der Waals surface area contributed by atoms with Crippen molar-refractivity contribution in [2.75, 3.05) is 46.0 Å². The van der Waals surface area contributed by atoms with Crippen LogP contribution in [0.3, 0.4) is 0 Å². The monoisotopic (exact) mass is 615 g/mol. The van der Waals surface area contributed by atoms with Gasteiger partial charge in [0, 0.05) is 45.1 Å². The van der Waals surface area contributed by atoms with Crippen molar-refractivity contribution in [2.45, 2.75) is 50.6 Å². The van der Waals surface area contributed by atoms with Crippen LogP contribution in [0.5, 0.6) is 5.75 Å². The number of rotatable bonds is 11. The van der Waals surface area contributed by atoms with Gasteiger partial charge in [0.1, 0.15) is 0 Å². The van der Waals surface area contributed by atoms with E-state index in [-0.39, 0.29) is 43.0 Å². The zero-order valence-corrected chi connectivity index (χ0v) is 24.3. The largest absolute Gasteiger partial charge is 0.488 e. The van der Waals surface area contributed by atoms with Crippen molar-refractivity contribution in [3.63, 3.8) is 0 Å². The first kappa shape index (κ1) is 31.5. The zero-order chi connectivity index (χ0) is 31.2. The van der Waals surface area contributed by atoms with E-state index in [0.29, 0.717) is 71.0 Å². The fourth-order valence-corrected chi connectivity index (χ4v) is 6.05. The Bertz CT molecular complexity index is 1410. The van der Waals surface area contributed by atoms with E-state index in [1.165, 1.54) is 0 Å². The minimum Gasteiger partial charge on any atom is -0.488 e. The number of hydrogen-bond donors (Lipinski definition) is 2. The van der Waals surface area contributed by atoms with E-state index < -0.39 is 35.2 Å². The standard InChI is InChI=1S/C32H36F3N3O6/c33-24-10-11-25(34)31(30(24)35)44-14-2-3-20-6-8-21(9-7-20)23-17-22-18-38(19-26(36-22)29(23)32(41)42)28(40)5-1-4-27(39)37-12-15-43-16-13-37/h6-11,22,26,36H,1-5,12-19H2,(H,41,42)/t22?,26-/m1/s1. The number of aryl methyl sites for hydroxylation is 1. The van der Waals surface area contributed by atoms with E-state index in [2.05, 4.69) is 5.32 Å². The number of hydrogen-bond acceptors (Lipinski definition) is 6. The first-order valence-electron chi connectivity index (χ1n) is 14.9. The van der Waals surface area contributed by atoms with E-state index in [0.717, 1.165) is 22.8 Å². The van der Waals surface area contributed by atoms with Gasteiger partial charge in [0.15, 0.2) is 17.4 Å². The summed E-state index contributed by atoms with van der Waals surface area (Å²) in [6, 6.07) is 8.35. The molecule has 5 rings (SSSR count). The molecule has 0 radical (unpaired) electrons. The molecule has 2 amide bonds. The van der Waals surface area contributed by atoms with Crippen molar-refractivity contribution in [2.24, 2.45) is 0 Å². The van der Waals surface area contributed by atoms with E-state index >= 15 is 0 Å². The lowest BCUT2D eigenvalue weighted by Gasteiger charge is -2.43. The molecule has 2 N–H and O–H groups in total. The van der Waals surface area contributed by atoms with Crippen molar-refractivity contribution in [3.8, 4) is 5.75 Å². The van der Waals surface area contributed by atoms with Crippen LogP contribution in [0.2, 0.25) is 0 Å². The van der Waals surface area contributed by atoms with Crippen LogP contribution < -0.4 is 10.1 Å². The third-order valence-corrected chi connectivity index (χ3v) is 8.29. The van der Waals surface area contributed by atoms with Gasteiger partial charge in [-0.15, -0.1) is 0 Å². The van der Waals surface area contributed by atoms with Gasteiger partial charge in [-0.3, -0.25) is 9.59 Å². The summed E-state index contributed by atoms with van der Waals surface area (Å²) < 4.78 is 51.3. The number of ether oxygens (including phenoxy) is 2. The molecule has 2 atom stereocenters. The molecule has 0 aromatic heterocycles. The average Bonchev–Trinajstić information content (AvgIpc) is 3.02. The van der Waals surface area contributed by atoms with Gasteiger partial charge in [-0.05, 0) is 54.5 Å². The Hall–Kier alpha value is -3.90. The van der Waals surface area contributed by atoms with E-state index in [4.69, 9.17) is 9.47 Å². The van der Waals surface area contributed by atoms with Crippen LogP contribution in [-0.4, -0.2) is 90.8 Å². The predicted octanol–water partition coefficient (Wildman–Crippen LogP) is 3.56. The minimum atomic E-state index is -1.35. The quantitative estimate of drug-likeness (QED) is 0.294. The van der Waals surface area contributed by atoms with Gasteiger partial charge in [-0.1, -0.05) is 24.3 Å². The molecule has 3 aliphatic rings. The third kappa shape index (κ3) is 7.41. The molecule has 3 heterocycles. The van der Waals surface area contributed by atoms with Gasteiger partial charge < -0.3 is 29.7 Å². The predicted molar refractivity (Wildman–Crippen MR) is 154 cm³/mol. The van der Waals surface area contributed by atoms with Crippen LogP contribution in [0, 0.1) is 17.5 Å². The molecule has 44 heavy (non-hydrogen) atoms. The Kier molecular flexibility index (Phi) is 10.2. The summed E-state index contributed by atoms with van der Waals surface area (Å²) in [5, 5.41) is 13.5. The molecule has 1 unspecified atom stereocenters. The van der Waals surface area contributed by atoms with Gasteiger partial charge in [-0.25, -0.2) is 13.6 Å². The van der Waals surface area contributed by atoms with Crippen LogP contribution in [0.25, 0.3) is 5.57 Å². The Morgan fingerprint density at radius 2 is 1.59 bits per heavy atom. The number of halogens is 3. The molecule has 0 saturated carbocycles. The van der Waals surface area contributed by atoms with Crippen LogP contribution in [-0.2, 0) is 25.5 Å². The Labute approximate surface area is 253 Å². The van der Waals surface area contributed by atoms with Gasteiger partial charge >= 0.3 is 5.97 Å². The second-order valence-corrected chi connectivity index (χ2v) is 11.3. The van der Waals surface area contributed by atoms with Crippen LogP contribution in [0.4, 0.5) is 13.2 Å². The number of nitrogens with one attached hydrogen (secondary N) is 1. The normalized spacial score (nSPS) is 20.1. The molecule has 2 aromatic rings. The number of benzene rings is 2. The van der Waals surface area contributed by atoms with Crippen LogP contribution >= 0.6 is 0 Å². The number of carboxylic acid groups (broad SMARTS) is 1. The summed E-state index contributed by atoms with van der Waals surface area (Å²) in [4.78, 5) is 41.3. The number of carboxylic acids is 1. The third-order valence-electron chi connectivity index (χ3n) is 8.29. The first-order valence-corrected chi connectivity index (χ1v) is 14.9. The highest BCUT2D eigenvalue weighted by Crippen LogP contribution is 2.34. The zero-order valence-electron chi connectivity index (χ0n) is 24.3. The fraction of sp³-hybridized carbons (Fsp3) is 0.469. The van der Waals surface area contributed by atoms with Gasteiger partial charge in [-0.2, -0.15) is 4.39 Å². The number of aliphatic carboxylic acids is 1. The molecule has 2 aromatic carbocycles. The lowest BCUT2D eigenvalue weighted by atomic mass is 9.83. The molecular weight excluding hydrogens is 579 g/mol. The maximum absolute atomic E-state index is 13.8. The molecule has 2 saturated heterocycles. The topological polar surface area (TPSA) is 108 Å². The molecule has 9 nitrogen and oxygen atoms in total. The van der Waals surface area contributed by atoms with Gasteiger partial charge in [0.2, 0.25) is 17.6 Å². The molecule has 2 fully saturated rings. The van der Waals surface area contributed by atoms with Crippen molar-refractivity contribution in [1.29, 1.82) is 0 Å². The lowest BCUT2D eigenvalue weighted by molar-refractivity contribution is -0.137. The van der Waals surface area contributed by atoms with E-state index in [1.807, 2.05) is 24.3 Å². The van der Waals surface area contributed by atoms with Crippen molar-refractivity contribution in [3.05, 3.63) is 70.5 Å². The summed E-state index contributed by atoms with van der Waals surface area (Å²) in [7, 11) is 0. The SMILES string of the molecule is O=C(O)C1=C(c2ccc(CCCOc3c(F)ccc(F)c3F)cc2)CC2CN(C(=O)CCCC(=O)N3CCOCC3)C[C@H]1N2. The van der Waals surface area contributed by atoms with E-state index in [1.54, 1.807) is 9.80 Å². The maximum atomic E-state index is 13.8. The summed E-state index contributed by atoms with van der Waals surface area (Å²) in [5.41, 5.74) is 2.67. The lowest BCUT2D eigenvalue weighted by Crippen LogP contribution is -2.61. The Morgan fingerprint density at radius 1 is 0.909 bits per heavy atom. The highest BCUT2D eigenvalue weighted by atomic mass is 19.2. The fourth-order valence-electron chi connectivity index (χ4n) is 6.05. The second kappa shape index (κ2) is 14.3. The molecule has 12 heteroatoms. The summed E-state index contributed by atoms with van der Waals surface area (Å²) in [6.07, 6.45) is 2.37. The van der Waals surface area contributed by atoms with E-state index in [9.17, 15) is 32.7 Å². The molecule has 0 aliphatic carbocycles. The average molecular weight is 616 g/mol. The molecular formula is C32H36F3N3O6. The van der Waals surface area contributed by atoms with Crippen molar-refractivity contribution in [1.82, 2.24) is 15.1 Å². The second-order valence-electron chi connectivity index (χ2n) is 11.3. The maximum Gasteiger partial charge on any atom is 0.333 e. The summed E-state index contributed by atoms with van der Waals surface area (Å²) in [6.45, 7) is 2.88. The van der Waals surface area contributed by atoms with Crippen LogP contribution in [0.15, 0.2) is 42.0 Å². The molecule has 2 bridgehead atoms. The number of fused-ring (bicyclic) bond motifs is 2. The Balaban J connectivity index is 1.16. The number of carbonyl (C=O) groups excluding carboxylic acids is 2. The summed E-state index contributed by atoms with van der Waals surface area (Å²) >= 11 is 0. The highest BCUT2D eigenvalue weighted by Gasteiger charge is 2.39. The number of nitrogens with zero attached hydrogens (tertiary/aromatic N) is 2. The molecule has 0 spiro atoms. The number of amides is 2. The molecule has 236 valence electrons. The van der Waals surface area contributed by atoms with Crippen LogP contribution in [0.1, 0.15) is 43.2 Å². The number of carbonyl (C=O) groups is 3. The van der Waals surface area contributed by atoms with Crippen molar-refractivity contribution >= 4 is 23.4 Å². The first-order chi connectivity index (χ1) is 21.2. The summed E-state index contributed by atoms with van der Waals surface area (Å²) in [5.74, 6) is -5.34. The highest BCUT2D eigenvalue weighted by molar-refractivity contribution is 5.99. The molecule has 3 aliphatic heterocycles. The Morgan fingerprint density at radius 3 is 2.30 bits per heavy atom. The van der Waals surface area contributed by atoms with Gasteiger partial charge in [0.25, 0.3) is 0 Å². The minimum absolute atomic E-state index is 0.0121. The van der Waals surface area contributed by atoms with Crippen molar-refractivity contribution < 1.29 is 42.1 Å². The number of piperazine rings is 1.